The molecular weight excluding hydrogens is 717 g/mol. The van der Waals surface area contributed by atoms with Crippen LogP contribution in [0.25, 0.3) is 115 Å². The van der Waals surface area contributed by atoms with E-state index in [0.717, 1.165) is 22.1 Å². The van der Waals surface area contributed by atoms with Crippen LogP contribution in [0, 0.1) is 0 Å². The number of thiophene rings is 1. The largest absolute Gasteiger partial charge is 0.456 e. The van der Waals surface area contributed by atoms with Gasteiger partial charge in [0, 0.05) is 58.4 Å². The molecule has 0 saturated heterocycles. The van der Waals surface area contributed by atoms with E-state index in [-0.39, 0.29) is 103 Å². The molecule has 0 N–H and O–H groups in total. The van der Waals surface area contributed by atoms with Crippen LogP contribution in [0.2, 0.25) is 0 Å². The van der Waals surface area contributed by atoms with Crippen molar-refractivity contribution in [3.63, 3.8) is 0 Å². The first-order chi connectivity index (χ1) is 34.0. The van der Waals surface area contributed by atoms with Gasteiger partial charge in [-0.3, -0.25) is 0 Å². The van der Waals surface area contributed by atoms with Gasteiger partial charge in [-0.2, -0.15) is 0 Å². The lowest BCUT2D eigenvalue weighted by atomic mass is 10.0. The zero-order valence-corrected chi connectivity index (χ0v) is 30.2. The van der Waals surface area contributed by atoms with E-state index in [4.69, 9.17) is 37.2 Å². The van der Waals surface area contributed by atoms with Crippen molar-refractivity contribution in [2.45, 2.75) is 0 Å². The van der Waals surface area contributed by atoms with Gasteiger partial charge < -0.3 is 8.98 Å². The van der Waals surface area contributed by atoms with Gasteiger partial charge >= 0.3 is 0 Å². The summed E-state index contributed by atoms with van der Waals surface area (Å²) < 4.78 is 132. The highest BCUT2D eigenvalue weighted by Gasteiger charge is 2.20. The Hall–Kier alpha value is -7.41. The summed E-state index contributed by atoms with van der Waals surface area (Å²) in [4.78, 5) is 15.1. The van der Waals surface area contributed by atoms with Crippen LogP contribution < -0.4 is 0 Å². The van der Waals surface area contributed by atoms with Gasteiger partial charge in [0.2, 0.25) is 0 Å². The molecule has 4 heterocycles. The molecule has 0 aliphatic carbocycles. The lowest BCUT2D eigenvalue weighted by Gasteiger charge is -2.15. The van der Waals surface area contributed by atoms with Crippen LogP contribution in [0.5, 0.6) is 0 Å². The van der Waals surface area contributed by atoms with Gasteiger partial charge in [-0.05, 0) is 65.7 Å². The van der Waals surface area contributed by atoms with E-state index in [0.29, 0.717) is 43.8 Å². The van der Waals surface area contributed by atoms with Crippen LogP contribution >= 0.6 is 11.3 Å². The van der Waals surface area contributed by atoms with Gasteiger partial charge in [-0.1, -0.05) is 127 Å². The minimum atomic E-state index is -0.530. The van der Waals surface area contributed by atoms with E-state index in [1.54, 1.807) is 48.5 Å². The molecule has 0 atom stereocenters. The predicted octanol–water partition coefficient (Wildman–Crippen LogP) is 13.9. The molecule has 0 unspecified atom stereocenters. The third-order valence-corrected chi connectivity index (χ3v) is 11.2. The summed E-state index contributed by atoms with van der Waals surface area (Å²) >= 11 is 1.03. The molecule has 8 aromatic carbocycles. The maximum Gasteiger partial charge on any atom is 0.166 e. The van der Waals surface area contributed by atoms with Crippen LogP contribution in [0.15, 0.2) is 186 Å². The Morgan fingerprint density at radius 2 is 1.16 bits per heavy atom. The lowest BCUT2D eigenvalue weighted by molar-refractivity contribution is 0.669. The minimum absolute atomic E-state index is 0.0113. The van der Waals surface area contributed by atoms with Gasteiger partial charge in [0.1, 0.15) is 11.2 Å². The topological polar surface area (TPSA) is 56.7 Å². The van der Waals surface area contributed by atoms with Gasteiger partial charge in [0.15, 0.2) is 17.5 Å². The molecule has 5 nitrogen and oxygen atoms in total. The monoisotopic (exact) mass is 760 g/mol. The van der Waals surface area contributed by atoms with Gasteiger partial charge in [-0.15, -0.1) is 11.3 Å². The minimum Gasteiger partial charge on any atom is -0.456 e. The van der Waals surface area contributed by atoms with Crippen molar-refractivity contribution in [2.75, 3.05) is 0 Å². The summed E-state index contributed by atoms with van der Waals surface area (Å²) in [6.45, 7) is 0. The highest BCUT2D eigenvalue weighted by Crippen LogP contribution is 2.41. The lowest BCUT2D eigenvalue weighted by Crippen LogP contribution is -2.03. The summed E-state index contributed by atoms with van der Waals surface area (Å²) in [5, 5.41) is 2.02. The molecule has 0 radical (unpaired) electrons. The van der Waals surface area contributed by atoms with Gasteiger partial charge in [0.05, 0.1) is 35.9 Å². The first-order valence-corrected chi connectivity index (χ1v) is 18.7. The fraction of sp³-hybridized carbons (Fsp3) is 0. The van der Waals surface area contributed by atoms with Crippen LogP contribution in [0.3, 0.4) is 0 Å². The maximum atomic E-state index is 9.19. The Labute approximate surface area is 350 Å². The van der Waals surface area contributed by atoms with E-state index < -0.39 is 42.3 Å². The van der Waals surface area contributed by atoms with Crippen LogP contribution in [-0.4, -0.2) is 19.5 Å². The third-order valence-electron chi connectivity index (χ3n) is 10.1. The molecule has 12 aromatic rings. The molecule has 266 valence electrons. The number of hydrogen-bond acceptors (Lipinski definition) is 5. The molecule has 0 amide bonds. The van der Waals surface area contributed by atoms with Crippen molar-refractivity contribution < 1.29 is 23.6 Å². The molecule has 0 aliphatic heterocycles. The highest BCUT2D eigenvalue weighted by atomic mass is 32.1. The normalized spacial score (nSPS) is 15.3. The Balaban J connectivity index is 1.13. The number of hydrogen-bond donors (Lipinski definition) is 0. The second kappa shape index (κ2) is 12.6. The molecular formula is C51H30N4OS. The van der Waals surface area contributed by atoms with Gasteiger partial charge in [0.25, 0.3) is 0 Å². The van der Waals surface area contributed by atoms with E-state index in [2.05, 4.69) is 0 Å². The molecule has 0 bridgehead atoms. The molecule has 57 heavy (non-hydrogen) atoms. The molecule has 0 fully saturated rings. The third kappa shape index (κ3) is 5.04. The Morgan fingerprint density at radius 1 is 0.456 bits per heavy atom. The maximum absolute atomic E-state index is 9.19. The van der Waals surface area contributed by atoms with E-state index in [9.17, 15) is 1.37 Å². The summed E-state index contributed by atoms with van der Waals surface area (Å²) in [7, 11) is 0. The van der Waals surface area contributed by atoms with Crippen LogP contribution in [0.1, 0.15) is 19.2 Å². The average molecular weight is 761 g/mol. The number of para-hydroxylation sites is 4. The average Bonchev–Trinajstić information content (AvgIpc) is 4.08. The fourth-order valence-electron chi connectivity index (χ4n) is 7.53. The Bertz CT molecular complexity index is 4380. The van der Waals surface area contributed by atoms with E-state index >= 15 is 0 Å². The van der Waals surface area contributed by atoms with Crippen LogP contribution in [0.4, 0.5) is 0 Å². The van der Waals surface area contributed by atoms with Gasteiger partial charge in [-0.25, -0.2) is 15.0 Å². The summed E-state index contributed by atoms with van der Waals surface area (Å²) in [6.07, 6.45) is 0. The number of furan rings is 1. The summed E-state index contributed by atoms with van der Waals surface area (Å²) in [5.74, 6) is 0.448. The standard InChI is InChI=1S/C51H30N4OS/c1-6-22-42-35(15-1)36-16-2-7-23-43(36)55(42)44-24-8-3-19-41(44)51-53-49(52-50(54-51)33-27-28-38-37-17-4-9-25-45(37)56-46(38)30-33)32-14-11-13-31(29-32)34-20-12-21-40-39-18-5-10-26-47(39)57-48(34)40/h1-30H/i1D,2D,5D,6D,10D,12D,15D,16D,18D,20D,21D,22D,23D,26D. The molecule has 0 aliphatic rings. The molecule has 0 saturated carbocycles. The highest BCUT2D eigenvalue weighted by molar-refractivity contribution is 7.26. The van der Waals surface area contributed by atoms with Crippen molar-refractivity contribution in [3.8, 4) is 51.0 Å². The fourth-order valence-corrected chi connectivity index (χ4v) is 8.62. The molecule has 6 heteroatoms. The van der Waals surface area contributed by atoms with Crippen molar-refractivity contribution >= 4 is 75.3 Å². The number of rotatable bonds is 5. The van der Waals surface area contributed by atoms with Crippen molar-refractivity contribution in [1.29, 1.82) is 0 Å². The van der Waals surface area contributed by atoms with Crippen molar-refractivity contribution in [3.05, 3.63) is 182 Å². The zero-order valence-electron chi connectivity index (χ0n) is 43.3. The zero-order chi connectivity index (χ0) is 49.6. The van der Waals surface area contributed by atoms with Crippen molar-refractivity contribution in [2.24, 2.45) is 0 Å². The number of benzene rings is 8. The van der Waals surface area contributed by atoms with Crippen molar-refractivity contribution in [1.82, 2.24) is 19.5 Å². The SMILES string of the molecule is [2H]c1cc([2H])c2c(c1[2H])c1c([2H])c([2H])c([2H])c([2H])c1n2-c1ccccc1-c1nc(-c2cccc(-c3c([2H])c([2H])c([2H])c4c3sc3c([2H])c([2H])c([2H])c([2H])c34)c2)nc(-c2ccc3c(c2)oc2ccccc23)n1. The number of nitrogens with zero attached hydrogens (tertiary/aromatic N) is 4. The Kier molecular flexibility index (Phi) is 4.64. The molecule has 12 rings (SSSR count). The molecule has 0 spiro atoms. The Morgan fingerprint density at radius 3 is 2.09 bits per heavy atom. The predicted molar refractivity (Wildman–Crippen MR) is 236 cm³/mol. The quantitative estimate of drug-likeness (QED) is 0.175. The second-order valence-electron chi connectivity index (χ2n) is 13.3. The number of fused-ring (bicyclic) bond motifs is 9. The second-order valence-corrected chi connectivity index (χ2v) is 14.3. The number of aromatic nitrogens is 4. The van der Waals surface area contributed by atoms with Crippen LogP contribution in [-0.2, 0) is 0 Å². The first kappa shape index (κ1) is 21.0. The summed E-state index contributed by atoms with van der Waals surface area (Å²) in [6, 6.07) is 22.9. The van der Waals surface area contributed by atoms with E-state index in [1.165, 1.54) is 10.6 Å². The summed E-state index contributed by atoms with van der Waals surface area (Å²) in [5.41, 5.74) is 3.59. The first-order valence-electron chi connectivity index (χ1n) is 24.9. The smallest absolute Gasteiger partial charge is 0.166 e. The van der Waals surface area contributed by atoms with E-state index in [1.807, 2.05) is 42.5 Å². The molecule has 4 aromatic heterocycles.